The number of aliphatic hydroxyl groups is 1. The molecule has 0 radical (unpaired) electrons. The second kappa shape index (κ2) is 16.8. The third-order valence-electron chi connectivity index (χ3n) is 7.05. The average Bonchev–Trinajstić information content (AvgIpc) is 3.37. The number of aromatic nitrogens is 2. The number of ether oxygens (including phenoxy) is 2. The number of carbonyl (C=O) groups is 4. The van der Waals surface area contributed by atoms with Crippen molar-refractivity contribution in [1.82, 2.24) is 19.4 Å². The average molecular weight is 666 g/mol. The maximum atomic E-state index is 13.7. The molecule has 0 aliphatic rings. The molecule has 3 amide bonds. The molecule has 0 fully saturated rings. The van der Waals surface area contributed by atoms with Crippen molar-refractivity contribution in [2.45, 2.75) is 72.1 Å². The highest BCUT2D eigenvalue weighted by molar-refractivity contribution is 5.96. The number of carbonyl (C=O) groups excluding carboxylic acids is 4. The summed E-state index contributed by atoms with van der Waals surface area (Å²) in [6.45, 7) is 8.90. The van der Waals surface area contributed by atoms with Crippen molar-refractivity contribution < 1.29 is 33.8 Å². The number of aliphatic hydroxyl groups excluding tert-OH is 1. The maximum absolute atomic E-state index is 13.7. The zero-order valence-electron chi connectivity index (χ0n) is 28.7. The Balaban J connectivity index is 1.94. The van der Waals surface area contributed by atoms with E-state index in [9.17, 15) is 24.0 Å². The summed E-state index contributed by atoms with van der Waals surface area (Å²) in [6, 6.07) is 9.59. The minimum absolute atomic E-state index is 0.00253. The number of allylic oxidation sites excluding steroid dienone is 1. The van der Waals surface area contributed by atoms with Gasteiger partial charge in [-0.25, -0.2) is 14.2 Å². The largest absolute Gasteiger partial charge is 0.447 e. The zero-order valence-corrected chi connectivity index (χ0v) is 28.7. The number of nitrogens with one attached hydrogen (secondary N) is 2. The van der Waals surface area contributed by atoms with E-state index in [1.165, 1.54) is 26.2 Å². The van der Waals surface area contributed by atoms with Crippen molar-refractivity contribution in [2.75, 3.05) is 32.6 Å². The van der Waals surface area contributed by atoms with Gasteiger partial charge in [-0.15, -0.1) is 0 Å². The van der Waals surface area contributed by atoms with Crippen LogP contribution in [0, 0.1) is 5.92 Å². The fourth-order valence-electron chi connectivity index (χ4n) is 4.96. The first-order valence-corrected chi connectivity index (χ1v) is 15.9. The van der Waals surface area contributed by atoms with Gasteiger partial charge in [-0.2, -0.15) is 0 Å². The Labute approximate surface area is 280 Å². The Bertz CT molecular complexity index is 1700. The van der Waals surface area contributed by atoms with Crippen LogP contribution in [0.4, 0.5) is 15.3 Å². The summed E-state index contributed by atoms with van der Waals surface area (Å²) in [5.41, 5.74) is 0.878. The molecule has 2 aromatic heterocycles. The number of fused-ring (bicyclic) bond motifs is 1. The molecule has 48 heavy (non-hydrogen) atoms. The molecule has 3 N–H and O–H groups in total. The number of para-hydroxylation sites is 1. The fraction of sp³-hybridized carbons (Fsp3) is 0.457. The van der Waals surface area contributed by atoms with Gasteiger partial charge in [0.25, 0.3) is 5.56 Å². The van der Waals surface area contributed by atoms with Crippen LogP contribution in [0.2, 0.25) is 0 Å². The molecule has 2 heterocycles. The van der Waals surface area contributed by atoms with Crippen LogP contribution in [-0.2, 0) is 32.0 Å². The monoisotopic (exact) mass is 665 g/mol. The smallest absolute Gasteiger partial charge is 0.419 e. The van der Waals surface area contributed by atoms with Gasteiger partial charge in [-0.05, 0) is 75.8 Å². The van der Waals surface area contributed by atoms with Gasteiger partial charge < -0.3 is 34.7 Å². The second-order valence-electron chi connectivity index (χ2n) is 13.0. The lowest BCUT2D eigenvalue weighted by Crippen LogP contribution is -2.45. The van der Waals surface area contributed by atoms with Crippen LogP contribution in [-0.4, -0.2) is 82.1 Å². The van der Waals surface area contributed by atoms with Crippen LogP contribution in [0.15, 0.2) is 59.5 Å². The summed E-state index contributed by atoms with van der Waals surface area (Å²) in [6.07, 6.45) is 4.08. The molecule has 260 valence electrons. The van der Waals surface area contributed by atoms with E-state index in [-0.39, 0.29) is 37.6 Å². The lowest BCUT2D eigenvalue weighted by molar-refractivity contribution is -0.123. The van der Waals surface area contributed by atoms with Crippen LogP contribution in [0.1, 0.15) is 58.7 Å². The van der Waals surface area contributed by atoms with E-state index >= 15 is 0 Å². The number of rotatable bonds is 13. The van der Waals surface area contributed by atoms with E-state index in [1.54, 1.807) is 53.2 Å². The number of hydrogen-bond donors (Lipinski definition) is 3. The predicted octanol–water partition coefficient (Wildman–Crippen LogP) is 4.28. The molecular formula is C35H47N5O8. The third-order valence-corrected chi connectivity index (χ3v) is 7.05. The molecule has 0 aliphatic heterocycles. The van der Waals surface area contributed by atoms with E-state index in [1.807, 2.05) is 24.3 Å². The number of benzene rings is 1. The Hall–Kier alpha value is -4.91. The van der Waals surface area contributed by atoms with Gasteiger partial charge in [0, 0.05) is 25.7 Å². The number of amides is 3. The molecule has 0 saturated heterocycles. The summed E-state index contributed by atoms with van der Waals surface area (Å²) < 4.78 is 13.5. The minimum atomic E-state index is -1.13. The van der Waals surface area contributed by atoms with Crippen LogP contribution in [0.3, 0.4) is 0 Å². The Morgan fingerprint density at radius 1 is 1.08 bits per heavy atom. The molecule has 13 nitrogen and oxygen atoms in total. The van der Waals surface area contributed by atoms with Gasteiger partial charge in [0.05, 0.1) is 24.4 Å². The third kappa shape index (κ3) is 10.6. The van der Waals surface area contributed by atoms with E-state index < -0.39 is 41.9 Å². The molecule has 0 spiro atoms. The van der Waals surface area contributed by atoms with Gasteiger partial charge >= 0.3 is 12.2 Å². The Morgan fingerprint density at radius 2 is 1.81 bits per heavy atom. The van der Waals surface area contributed by atoms with E-state index in [4.69, 9.17) is 14.6 Å². The minimum Gasteiger partial charge on any atom is -0.447 e. The van der Waals surface area contributed by atoms with Crippen molar-refractivity contribution in [3.05, 3.63) is 76.4 Å². The van der Waals surface area contributed by atoms with Crippen molar-refractivity contribution in [3.8, 4) is 0 Å². The van der Waals surface area contributed by atoms with Crippen LogP contribution in [0.5, 0.6) is 0 Å². The zero-order chi connectivity index (χ0) is 35.6. The number of anilines is 1. The van der Waals surface area contributed by atoms with Crippen molar-refractivity contribution in [3.63, 3.8) is 0 Å². The number of nitrogens with zero attached hydrogens (tertiary/aromatic N) is 3. The van der Waals surface area contributed by atoms with E-state index in [2.05, 4.69) is 24.5 Å². The number of pyridine rings is 1. The van der Waals surface area contributed by atoms with Crippen LogP contribution in [0.25, 0.3) is 10.9 Å². The summed E-state index contributed by atoms with van der Waals surface area (Å²) in [5, 5.41) is 14.9. The highest BCUT2D eigenvalue weighted by Crippen LogP contribution is 2.27. The van der Waals surface area contributed by atoms with E-state index in [0.717, 1.165) is 22.9 Å². The Kier molecular flexibility index (Phi) is 13.1. The molecule has 13 heteroatoms. The summed E-state index contributed by atoms with van der Waals surface area (Å²) >= 11 is 0. The Morgan fingerprint density at radius 3 is 2.46 bits per heavy atom. The fourth-order valence-corrected chi connectivity index (χ4v) is 4.96. The topological polar surface area (TPSA) is 161 Å². The van der Waals surface area contributed by atoms with Gasteiger partial charge in [0.1, 0.15) is 23.9 Å². The molecule has 1 unspecified atom stereocenters. The summed E-state index contributed by atoms with van der Waals surface area (Å²) in [7, 11) is 3.21. The number of alkyl carbamates (subject to hydrolysis) is 1. The van der Waals surface area contributed by atoms with Crippen LogP contribution >= 0.6 is 0 Å². The summed E-state index contributed by atoms with van der Waals surface area (Å²) in [5.74, 6) is -0.590. The van der Waals surface area contributed by atoms with Crippen molar-refractivity contribution in [1.29, 1.82) is 0 Å². The lowest BCUT2D eigenvalue weighted by Gasteiger charge is -2.22. The first kappa shape index (κ1) is 37.5. The molecule has 3 aromatic rings. The van der Waals surface area contributed by atoms with Crippen molar-refractivity contribution >= 4 is 40.6 Å². The number of hydrogen-bond acceptors (Lipinski definition) is 8. The quantitative estimate of drug-likeness (QED) is 0.228. The highest BCUT2D eigenvalue weighted by Gasteiger charge is 2.25. The molecule has 3 rings (SSSR count). The summed E-state index contributed by atoms with van der Waals surface area (Å²) in [4.78, 5) is 66.1. The van der Waals surface area contributed by atoms with Crippen molar-refractivity contribution in [2.24, 2.45) is 5.92 Å². The number of likely N-dealkylation sites (N-methyl/N-ethyl adjacent to an activating group) is 1. The predicted molar refractivity (Wildman–Crippen MR) is 183 cm³/mol. The molecular weight excluding hydrogens is 618 g/mol. The lowest BCUT2D eigenvalue weighted by atomic mass is 10.0. The van der Waals surface area contributed by atoms with Gasteiger partial charge in [-0.3, -0.25) is 14.4 Å². The highest BCUT2D eigenvalue weighted by atomic mass is 16.6. The molecule has 1 aromatic carbocycles. The van der Waals surface area contributed by atoms with Gasteiger partial charge in [-0.1, -0.05) is 38.1 Å². The molecule has 0 aliphatic carbocycles. The standard InChI is InChI=1S/C35H47N5O8/c1-23(2)20-24-12-10-13-25-21-26(40(30(24)25)34(46)48-35(3,4)5)22-39-17-11-15-28(32(39)44)36-31(43)27(37-33(45)47-19-18-41)14-8-9-16-29(42)38(6)7/h9-13,15-17,21,23,27,41H,8,14,18-20,22H2,1-7H3,(H,36,43)(H,37,45). The van der Waals surface area contributed by atoms with Gasteiger partial charge in [0.2, 0.25) is 11.8 Å². The maximum Gasteiger partial charge on any atom is 0.419 e. The van der Waals surface area contributed by atoms with E-state index in [0.29, 0.717) is 11.6 Å². The van der Waals surface area contributed by atoms with Gasteiger partial charge in [0.15, 0.2) is 0 Å². The SMILES string of the molecule is CC(C)Cc1cccc2cc(Cn3cccc(NC(=O)C(CCC=CC(=O)N(C)C)NC(=O)OCCO)c3=O)n(C(=O)OC(C)(C)C)c12. The second-order valence-corrected chi connectivity index (χ2v) is 13.0. The first-order valence-electron chi connectivity index (χ1n) is 15.9. The molecule has 1 atom stereocenters. The van der Waals surface area contributed by atoms with Crippen LogP contribution < -0.4 is 16.2 Å². The molecule has 0 saturated carbocycles. The first-order chi connectivity index (χ1) is 22.6. The normalized spacial score (nSPS) is 12.3. The molecule has 0 bridgehead atoms.